The molecule has 1 atom stereocenters. The van der Waals surface area contributed by atoms with E-state index >= 15 is 0 Å². The zero-order valence-corrected chi connectivity index (χ0v) is 13.3. The summed E-state index contributed by atoms with van der Waals surface area (Å²) in [6.45, 7) is 3.78. The lowest BCUT2D eigenvalue weighted by Crippen LogP contribution is -2.30. The molecule has 0 saturated heterocycles. The predicted molar refractivity (Wildman–Crippen MR) is 85.6 cm³/mol. The molecule has 0 aliphatic carbocycles. The van der Waals surface area contributed by atoms with Crippen molar-refractivity contribution in [3.63, 3.8) is 0 Å². The molecule has 1 amide bonds. The standard InChI is InChI=1S/C17H21N3O2/c1-12(2)10-15(21)19-16(17-18-8-9-20(17)3)13-6-5-7-14(11-13)22-4/h5-11,16H,1-4H3,(H,19,21). The molecule has 0 spiro atoms. The molecular weight excluding hydrogens is 278 g/mol. The normalized spacial score (nSPS) is 11.6. The molecule has 1 aromatic heterocycles. The first-order chi connectivity index (χ1) is 10.5. The summed E-state index contributed by atoms with van der Waals surface area (Å²) in [6, 6.07) is 7.29. The third kappa shape index (κ3) is 3.75. The van der Waals surface area contributed by atoms with Crippen LogP contribution in [-0.4, -0.2) is 22.6 Å². The number of hydrogen-bond donors (Lipinski definition) is 1. The van der Waals surface area contributed by atoms with Gasteiger partial charge in [-0.25, -0.2) is 4.98 Å². The van der Waals surface area contributed by atoms with E-state index in [1.807, 2.05) is 55.9 Å². The summed E-state index contributed by atoms with van der Waals surface area (Å²) >= 11 is 0. The summed E-state index contributed by atoms with van der Waals surface area (Å²) in [5, 5.41) is 3.00. The lowest BCUT2D eigenvalue weighted by molar-refractivity contribution is -0.117. The Bertz CT molecular complexity index is 685. The van der Waals surface area contributed by atoms with Gasteiger partial charge in [-0.05, 0) is 31.5 Å². The van der Waals surface area contributed by atoms with Gasteiger partial charge in [0.25, 0.3) is 0 Å². The number of imidazole rings is 1. The third-order valence-electron chi connectivity index (χ3n) is 3.25. The van der Waals surface area contributed by atoms with Gasteiger partial charge in [-0.1, -0.05) is 17.7 Å². The summed E-state index contributed by atoms with van der Waals surface area (Å²) in [5.41, 5.74) is 1.87. The number of aryl methyl sites for hydroxylation is 1. The molecule has 1 heterocycles. The number of methoxy groups -OCH3 is 1. The van der Waals surface area contributed by atoms with Crippen LogP contribution < -0.4 is 10.1 Å². The number of hydrogen-bond acceptors (Lipinski definition) is 3. The van der Waals surface area contributed by atoms with Crippen molar-refractivity contribution in [2.45, 2.75) is 19.9 Å². The van der Waals surface area contributed by atoms with E-state index < -0.39 is 0 Å². The molecule has 0 saturated carbocycles. The number of benzene rings is 1. The molecule has 1 unspecified atom stereocenters. The number of ether oxygens (including phenoxy) is 1. The molecule has 0 radical (unpaired) electrons. The fourth-order valence-electron chi connectivity index (χ4n) is 2.22. The second kappa shape index (κ2) is 6.93. The van der Waals surface area contributed by atoms with E-state index in [0.717, 1.165) is 22.7 Å². The molecule has 116 valence electrons. The average molecular weight is 299 g/mol. The molecule has 0 fully saturated rings. The number of nitrogens with one attached hydrogen (secondary N) is 1. The fourth-order valence-corrected chi connectivity index (χ4v) is 2.22. The monoisotopic (exact) mass is 299 g/mol. The van der Waals surface area contributed by atoms with E-state index in [1.165, 1.54) is 0 Å². The van der Waals surface area contributed by atoms with E-state index in [0.29, 0.717) is 0 Å². The molecule has 5 heteroatoms. The van der Waals surface area contributed by atoms with Crippen LogP contribution in [0.15, 0.2) is 48.3 Å². The van der Waals surface area contributed by atoms with Crippen LogP contribution in [0.2, 0.25) is 0 Å². The predicted octanol–water partition coefficient (Wildman–Crippen LogP) is 2.60. The third-order valence-corrected chi connectivity index (χ3v) is 3.25. The summed E-state index contributed by atoms with van der Waals surface area (Å²) in [5.74, 6) is 1.37. The van der Waals surface area contributed by atoms with E-state index in [-0.39, 0.29) is 11.9 Å². The fraction of sp³-hybridized carbons (Fsp3) is 0.294. The molecule has 5 nitrogen and oxygen atoms in total. The van der Waals surface area contributed by atoms with Crippen LogP contribution in [0.4, 0.5) is 0 Å². The largest absolute Gasteiger partial charge is 0.497 e. The number of rotatable bonds is 5. The van der Waals surface area contributed by atoms with Gasteiger partial charge in [0, 0.05) is 25.5 Å². The van der Waals surface area contributed by atoms with Crippen molar-refractivity contribution in [2.24, 2.45) is 7.05 Å². The van der Waals surface area contributed by atoms with Gasteiger partial charge < -0.3 is 14.6 Å². The van der Waals surface area contributed by atoms with E-state index in [2.05, 4.69) is 10.3 Å². The SMILES string of the molecule is COc1cccc(C(NC(=O)C=C(C)C)c2nccn2C)c1. The van der Waals surface area contributed by atoms with Crippen LogP contribution in [0.25, 0.3) is 0 Å². The van der Waals surface area contributed by atoms with Gasteiger partial charge in [-0.3, -0.25) is 4.79 Å². The van der Waals surface area contributed by atoms with Crippen molar-refractivity contribution < 1.29 is 9.53 Å². The van der Waals surface area contributed by atoms with Gasteiger partial charge in [-0.2, -0.15) is 0 Å². The summed E-state index contributed by atoms with van der Waals surface area (Å²) < 4.78 is 7.17. The molecule has 2 aromatic rings. The molecule has 0 aliphatic rings. The van der Waals surface area contributed by atoms with E-state index in [9.17, 15) is 4.79 Å². The van der Waals surface area contributed by atoms with Crippen LogP contribution in [0.3, 0.4) is 0 Å². The summed E-state index contributed by atoms with van der Waals surface area (Å²) in [7, 11) is 3.53. The summed E-state index contributed by atoms with van der Waals surface area (Å²) in [4.78, 5) is 16.5. The highest BCUT2D eigenvalue weighted by Crippen LogP contribution is 2.24. The van der Waals surface area contributed by atoms with Crippen LogP contribution >= 0.6 is 0 Å². The topological polar surface area (TPSA) is 56.1 Å². The van der Waals surface area contributed by atoms with Crippen LogP contribution in [-0.2, 0) is 11.8 Å². The average Bonchev–Trinajstić information content (AvgIpc) is 2.90. The Balaban J connectivity index is 2.39. The maximum atomic E-state index is 12.1. The molecule has 0 bridgehead atoms. The Morgan fingerprint density at radius 1 is 1.41 bits per heavy atom. The second-order valence-electron chi connectivity index (χ2n) is 5.34. The van der Waals surface area contributed by atoms with Crippen LogP contribution in [0.1, 0.15) is 31.3 Å². The van der Waals surface area contributed by atoms with Crippen molar-refractivity contribution in [1.82, 2.24) is 14.9 Å². The zero-order chi connectivity index (χ0) is 16.1. The van der Waals surface area contributed by atoms with Crippen molar-refractivity contribution in [3.05, 3.63) is 59.7 Å². The lowest BCUT2D eigenvalue weighted by Gasteiger charge is -2.19. The van der Waals surface area contributed by atoms with Crippen molar-refractivity contribution in [1.29, 1.82) is 0 Å². The Morgan fingerprint density at radius 2 is 2.18 bits per heavy atom. The number of carbonyl (C=O) groups excluding carboxylic acids is 1. The number of carbonyl (C=O) groups is 1. The van der Waals surface area contributed by atoms with Gasteiger partial charge in [0.1, 0.15) is 17.6 Å². The minimum atomic E-state index is -0.335. The molecular formula is C17H21N3O2. The number of allylic oxidation sites excluding steroid dienone is 1. The first-order valence-electron chi connectivity index (χ1n) is 7.08. The highest BCUT2D eigenvalue weighted by molar-refractivity contribution is 5.88. The quantitative estimate of drug-likeness (QED) is 0.863. The first kappa shape index (κ1) is 15.8. The minimum Gasteiger partial charge on any atom is -0.497 e. The lowest BCUT2D eigenvalue weighted by atomic mass is 10.1. The first-order valence-corrected chi connectivity index (χ1v) is 7.08. The number of nitrogens with zero attached hydrogens (tertiary/aromatic N) is 2. The smallest absolute Gasteiger partial charge is 0.244 e. The zero-order valence-electron chi connectivity index (χ0n) is 13.3. The van der Waals surface area contributed by atoms with Gasteiger partial charge in [0.2, 0.25) is 5.91 Å². The Hall–Kier alpha value is -2.56. The van der Waals surface area contributed by atoms with E-state index in [4.69, 9.17) is 4.74 Å². The maximum Gasteiger partial charge on any atom is 0.244 e. The highest BCUT2D eigenvalue weighted by Gasteiger charge is 2.20. The second-order valence-corrected chi connectivity index (χ2v) is 5.34. The molecule has 0 aliphatic heterocycles. The summed E-state index contributed by atoms with van der Waals surface area (Å²) in [6.07, 6.45) is 5.15. The van der Waals surface area contributed by atoms with Crippen LogP contribution in [0.5, 0.6) is 5.75 Å². The minimum absolute atomic E-state index is 0.143. The Morgan fingerprint density at radius 3 is 2.77 bits per heavy atom. The maximum absolute atomic E-state index is 12.1. The molecule has 1 aromatic carbocycles. The molecule has 1 N–H and O–H groups in total. The van der Waals surface area contributed by atoms with Gasteiger partial charge >= 0.3 is 0 Å². The Kier molecular flexibility index (Phi) is 4.99. The van der Waals surface area contributed by atoms with Crippen LogP contribution in [0, 0.1) is 0 Å². The molecule has 2 rings (SSSR count). The van der Waals surface area contributed by atoms with Crippen molar-refractivity contribution in [2.75, 3.05) is 7.11 Å². The van der Waals surface area contributed by atoms with Gasteiger partial charge in [-0.15, -0.1) is 0 Å². The van der Waals surface area contributed by atoms with Gasteiger partial charge in [0.15, 0.2) is 0 Å². The van der Waals surface area contributed by atoms with E-state index in [1.54, 1.807) is 19.4 Å². The number of amides is 1. The Labute approximate surface area is 130 Å². The van der Waals surface area contributed by atoms with Gasteiger partial charge in [0.05, 0.1) is 7.11 Å². The molecule has 22 heavy (non-hydrogen) atoms. The van der Waals surface area contributed by atoms with Crippen molar-refractivity contribution >= 4 is 5.91 Å². The highest BCUT2D eigenvalue weighted by atomic mass is 16.5. The van der Waals surface area contributed by atoms with Crippen molar-refractivity contribution in [3.8, 4) is 5.75 Å². The number of aromatic nitrogens is 2.